The van der Waals surface area contributed by atoms with Gasteiger partial charge in [-0.25, -0.2) is 4.79 Å². The van der Waals surface area contributed by atoms with Gasteiger partial charge in [-0.2, -0.15) is 0 Å². The summed E-state index contributed by atoms with van der Waals surface area (Å²) in [6.45, 7) is 6.76. The third-order valence-corrected chi connectivity index (χ3v) is 3.65. The number of esters is 1. The molecule has 0 saturated carbocycles. The number of hydrogen-bond acceptors (Lipinski definition) is 4. The predicted molar refractivity (Wildman–Crippen MR) is 72.6 cm³/mol. The van der Waals surface area contributed by atoms with Crippen LogP contribution in [0.15, 0.2) is 24.0 Å². The molecule has 5 heteroatoms. The minimum Gasteiger partial charge on any atom is -0.497 e. The van der Waals surface area contributed by atoms with Gasteiger partial charge in [0.05, 0.1) is 13.2 Å². The first-order valence-electron chi connectivity index (χ1n) is 6.09. The summed E-state index contributed by atoms with van der Waals surface area (Å²) >= 11 is 3.48. The minimum atomic E-state index is -1.15. The van der Waals surface area contributed by atoms with E-state index in [0.29, 0.717) is 25.6 Å². The smallest absolute Gasteiger partial charge is 0.344 e. The molecule has 102 valence electrons. The van der Waals surface area contributed by atoms with Crippen LogP contribution in [0, 0.1) is 0 Å². The second kappa shape index (κ2) is 6.95. The average Bonchev–Trinajstić information content (AvgIpc) is 2.35. The highest BCUT2D eigenvalue weighted by molar-refractivity contribution is 9.09. The van der Waals surface area contributed by atoms with Gasteiger partial charge in [-0.05, 0) is 32.9 Å². The average molecular weight is 319 g/mol. The number of hydrogen-bond donors (Lipinski definition) is 0. The molecule has 0 radical (unpaired) electrons. The van der Waals surface area contributed by atoms with Crippen molar-refractivity contribution in [1.82, 2.24) is 0 Å². The Labute approximate surface area is 116 Å². The van der Waals surface area contributed by atoms with E-state index in [2.05, 4.69) is 15.9 Å². The summed E-state index contributed by atoms with van der Waals surface area (Å²) in [4.78, 5) is 11.8. The lowest BCUT2D eigenvalue weighted by molar-refractivity contribution is -0.165. The van der Waals surface area contributed by atoms with Crippen LogP contribution in [0.3, 0.4) is 0 Å². The highest BCUT2D eigenvalue weighted by Gasteiger charge is 2.48. The molecule has 0 amide bonds. The Balaban J connectivity index is 3.02. The maximum Gasteiger partial charge on any atom is 0.344 e. The van der Waals surface area contributed by atoms with E-state index in [1.165, 1.54) is 0 Å². The van der Waals surface area contributed by atoms with E-state index in [-0.39, 0.29) is 4.83 Å². The van der Waals surface area contributed by atoms with Gasteiger partial charge in [-0.15, -0.1) is 0 Å². The van der Waals surface area contributed by atoms with Crippen molar-refractivity contribution in [2.45, 2.75) is 31.2 Å². The van der Waals surface area contributed by atoms with Crippen LogP contribution >= 0.6 is 15.9 Å². The molecule has 0 saturated heterocycles. The summed E-state index contributed by atoms with van der Waals surface area (Å²) in [5.41, 5.74) is -1.15. The van der Waals surface area contributed by atoms with Crippen LogP contribution in [-0.2, 0) is 19.0 Å². The number of allylic oxidation sites excluding steroid dienone is 2. The van der Waals surface area contributed by atoms with Gasteiger partial charge in [0.25, 0.3) is 0 Å². The van der Waals surface area contributed by atoms with Crippen molar-refractivity contribution < 1.29 is 19.0 Å². The molecule has 0 aromatic rings. The van der Waals surface area contributed by atoms with Gasteiger partial charge >= 0.3 is 5.97 Å². The number of ether oxygens (including phenoxy) is 3. The number of carbonyl (C=O) groups is 1. The van der Waals surface area contributed by atoms with Gasteiger partial charge in [-0.3, -0.25) is 0 Å². The number of halogens is 1. The molecular weight excluding hydrogens is 300 g/mol. The van der Waals surface area contributed by atoms with E-state index in [9.17, 15) is 4.79 Å². The van der Waals surface area contributed by atoms with Crippen LogP contribution in [0.1, 0.15) is 20.8 Å². The van der Waals surface area contributed by atoms with Crippen LogP contribution in [0.5, 0.6) is 0 Å². The molecule has 1 rings (SSSR count). The lowest BCUT2D eigenvalue weighted by Crippen LogP contribution is -2.50. The Bertz CT molecular complexity index is 351. The highest BCUT2D eigenvalue weighted by atomic mass is 79.9. The molecular formula is C13H19BrO4. The van der Waals surface area contributed by atoms with E-state index in [1.54, 1.807) is 19.1 Å². The van der Waals surface area contributed by atoms with Crippen molar-refractivity contribution in [3.8, 4) is 0 Å². The van der Waals surface area contributed by atoms with Gasteiger partial charge < -0.3 is 14.2 Å². The molecule has 0 unspecified atom stereocenters. The van der Waals surface area contributed by atoms with E-state index in [0.717, 1.165) is 0 Å². The molecule has 1 aliphatic carbocycles. The molecule has 2 atom stereocenters. The third-order valence-electron chi connectivity index (χ3n) is 2.52. The molecule has 0 aromatic carbocycles. The first-order valence-corrected chi connectivity index (χ1v) is 7.01. The largest absolute Gasteiger partial charge is 0.497 e. The fourth-order valence-electron chi connectivity index (χ4n) is 1.79. The zero-order chi connectivity index (χ0) is 13.6. The van der Waals surface area contributed by atoms with E-state index < -0.39 is 11.6 Å². The van der Waals surface area contributed by atoms with Gasteiger partial charge in [0.15, 0.2) is 0 Å². The third kappa shape index (κ3) is 2.95. The van der Waals surface area contributed by atoms with Crippen LogP contribution < -0.4 is 0 Å². The molecule has 0 heterocycles. The second-order valence-electron chi connectivity index (χ2n) is 3.67. The molecule has 4 nitrogen and oxygen atoms in total. The van der Waals surface area contributed by atoms with E-state index >= 15 is 0 Å². The summed E-state index contributed by atoms with van der Waals surface area (Å²) in [6, 6.07) is 0. The fourth-order valence-corrected chi connectivity index (χ4v) is 2.55. The molecule has 0 N–H and O–H groups in total. The standard InChI is InChI=1S/C13H19BrO4/c1-4-16-10-8-7-9-13(11(10)14,18-6-3)12(15)17-5-2/h7-9,11H,4-6H2,1-3H3/t11-,13-/m0/s1. The van der Waals surface area contributed by atoms with E-state index in [1.807, 2.05) is 19.9 Å². The molecule has 0 aromatic heterocycles. The van der Waals surface area contributed by atoms with E-state index in [4.69, 9.17) is 14.2 Å². The first-order chi connectivity index (χ1) is 8.62. The summed E-state index contributed by atoms with van der Waals surface area (Å²) in [5.74, 6) is 0.261. The molecule has 0 fully saturated rings. The lowest BCUT2D eigenvalue weighted by Gasteiger charge is -2.35. The van der Waals surface area contributed by atoms with Crippen LogP contribution in [0.25, 0.3) is 0 Å². The zero-order valence-electron chi connectivity index (χ0n) is 10.9. The lowest BCUT2D eigenvalue weighted by atomic mass is 9.93. The summed E-state index contributed by atoms with van der Waals surface area (Å²) in [7, 11) is 0. The second-order valence-corrected chi connectivity index (χ2v) is 4.59. The van der Waals surface area contributed by atoms with Gasteiger partial charge in [-0.1, -0.05) is 22.0 Å². The SMILES string of the molecule is CCOC(=O)[C@]1(OCC)C=CC=C(OCC)[C@@H]1Br. The molecule has 0 spiro atoms. The van der Waals surface area contributed by atoms with Crippen LogP contribution in [-0.4, -0.2) is 36.2 Å². The van der Waals surface area contributed by atoms with Crippen molar-refractivity contribution in [3.63, 3.8) is 0 Å². The Morgan fingerprint density at radius 1 is 1.33 bits per heavy atom. The van der Waals surface area contributed by atoms with Crippen LogP contribution in [0.4, 0.5) is 0 Å². The van der Waals surface area contributed by atoms with Crippen molar-refractivity contribution >= 4 is 21.9 Å². The number of carbonyl (C=O) groups excluding carboxylic acids is 1. The maximum atomic E-state index is 12.2. The Kier molecular flexibility index (Phi) is 5.88. The maximum absolute atomic E-state index is 12.2. The summed E-state index contributed by atoms with van der Waals surface area (Å²) < 4.78 is 16.3. The zero-order valence-corrected chi connectivity index (χ0v) is 12.5. The molecule has 1 aliphatic rings. The number of rotatable bonds is 6. The van der Waals surface area contributed by atoms with Gasteiger partial charge in [0.2, 0.25) is 5.60 Å². The molecule has 0 aliphatic heterocycles. The predicted octanol–water partition coefficient (Wildman–Crippen LogP) is 2.58. The molecule has 0 bridgehead atoms. The fraction of sp³-hybridized carbons (Fsp3) is 0.615. The number of alkyl halides is 1. The topological polar surface area (TPSA) is 44.8 Å². The Morgan fingerprint density at radius 2 is 2.06 bits per heavy atom. The summed E-state index contributed by atoms with van der Waals surface area (Å²) in [5, 5.41) is 0. The quantitative estimate of drug-likeness (QED) is 0.558. The Morgan fingerprint density at radius 3 is 2.61 bits per heavy atom. The monoisotopic (exact) mass is 318 g/mol. The van der Waals surface area contributed by atoms with Crippen molar-refractivity contribution in [3.05, 3.63) is 24.0 Å². The van der Waals surface area contributed by atoms with Gasteiger partial charge in [0, 0.05) is 6.61 Å². The first kappa shape index (κ1) is 15.2. The minimum absolute atomic E-state index is 0.314. The van der Waals surface area contributed by atoms with Crippen molar-refractivity contribution in [2.24, 2.45) is 0 Å². The van der Waals surface area contributed by atoms with Crippen molar-refractivity contribution in [1.29, 1.82) is 0 Å². The summed E-state index contributed by atoms with van der Waals surface area (Å²) in [6.07, 6.45) is 5.28. The molecule has 18 heavy (non-hydrogen) atoms. The van der Waals surface area contributed by atoms with Crippen molar-refractivity contribution in [2.75, 3.05) is 19.8 Å². The highest BCUT2D eigenvalue weighted by Crippen LogP contribution is 2.35. The van der Waals surface area contributed by atoms with Crippen LogP contribution in [0.2, 0.25) is 0 Å². The normalized spacial score (nSPS) is 26.7. The Hall–Kier alpha value is -0.810. The van der Waals surface area contributed by atoms with Gasteiger partial charge in [0.1, 0.15) is 10.6 Å².